The lowest BCUT2D eigenvalue weighted by Gasteiger charge is -2.35. The first-order chi connectivity index (χ1) is 14.9. The minimum atomic E-state index is -0.154. The smallest absolute Gasteiger partial charge is 0.262 e. The first kappa shape index (κ1) is 19.6. The van der Waals surface area contributed by atoms with E-state index in [4.69, 9.17) is 0 Å². The molecule has 1 aliphatic heterocycles. The van der Waals surface area contributed by atoms with Crippen molar-refractivity contribution in [3.8, 4) is 0 Å². The van der Waals surface area contributed by atoms with Crippen LogP contribution in [0.3, 0.4) is 0 Å². The van der Waals surface area contributed by atoms with Crippen molar-refractivity contribution in [2.24, 2.45) is 7.05 Å². The van der Waals surface area contributed by atoms with E-state index in [9.17, 15) is 9.59 Å². The van der Waals surface area contributed by atoms with Crippen LogP contribution in [0.4, 0.5) is 5.82 Å². The number of aryl methyl sites for hydroxylation is 3. The third-order valence-electron chi connectivity index (χ3n) is 5.90. The second kappa shape index (κ2) is 7.41. The molecular formula is C20H22N8O2S. The van der Waals surface area contributed by atoms with Crippen LogP contribution >= 0.6 is 11.3 Å². The number of fused-ring (bicyclic) bond motifs is 2. The van der Waals surface area contributed by atoms with Crippen LogP contribution in [0.5, 0.6) is 0 Å². The van der Waals surface area contributed by atoms with E-state index in [0.29, 0.717) is 31.6 Å². The number of amides is 1. The maximum Gasteiger partial charge on any atom is 0.262 e. The molecule has 5 rings (SSSR count). The minimum absolute atomic E-state index is 0.00351. The van der Waals surface area contributed by atoms with Gasteiger partial charge in [-0.3, -0.25) is 18.8 Å². The van der Waals surface area contributed by atoms with Crippen LogP contribution in [0.25, 0.3) is 21.3 Å². The normalized spacial score (nSPS) is 14.7. The number of piperazine rings is 1. The van der Waals surface area contributed by atoms with Crippen LogP contribution in [0.15, 0.2) is 23.6 Å². The largest absolute Gasteiger partial charge is 0.352 e. The maximum absolute atomic E-state index is 12.9. The molecule has 5 heterocycles. The summed E-state index contributed by atoms with van der Waals surface area (Å²) in [6.45, 7) is 6.33. The van der Waals surface area contributed by atoms with Gasteiger partial charge in [0.05, 0.1) is 23.3 Å². The van der Waals surface area contributed by atoms with Crippen LogP contribution in [0, 0.1) is 13.8 Å². The lowest BCUT2D eigenvalue weighted by atomic mass is 10.2. The van der Waals surface area contributed by atoms with Crippen LogP contribution in [-0.2, 0) is 18.4 Å². The summed E-state index contributed by atoms with van der Waals surface area (Å²) in [6, 6.07) is 0. The fourth-order valence-electron chi connectivity index (χ4n) is 4.00. The minimum Gasteiger partial charge on any atom is -0.352 e. The molecule has 160 valence electrons. The Bertz CT molecular complexity index is 1360. The number of carbonyl (C=O) groups is 1. The first-order valence-electron chi connectivity index (χ1n) is 10.0. The molecule has 0 saturated carbocycles. The number of hydrogen-bond acceptors (Lipinski definition) is 8. The van der Waals surface area contributed by atoms with Gasteiger partial charge in [0.2, 0.25) is 5.91 Å². The molecule has 1 amide bonds. The van der Waals surface area contributed by atoms with Gasteiger partial charge in [-0.1, -0.05) is 0 Å². The number of hydrogen-bond donors (Lipinski definition) is 0. The summed E-state index contributed by atoms with van der Waals surface area (Å²) in [7, 11) is 1.85. The average Bonchev–Trinajstić information content (AvgIpc) is 3.30. The van der Waals surface area contributed by atoms with Crippen molar-refractivity contribution in [3.63, 3.8) is 0 Å². The van der Waals surface area contributed by atoms with E-state index < -0.39 is 0 Å². The predicted octanol–water partition coefficient (Wildman–Crippen LogP) is 1.10. The van der Waals surface area contributed by atoms with Gasteiger partial charge in [0.1, 0.15) is 23.5 Å². The van der Waals surface area contributed by atoms with Crippen molar-refractivity contribution in [3.05, 3.63) is 39.6 Å². The van der Waals surface area contributed by atoms with Gasteiger partial charge in [0.25, 0.3) is 5.56 Å². The fourth-order valence-corrected chi connectivity index (χ4v) is 4.99. The molecule has 0 aliphatic carbocycles. The Labute approximate surface area is 181 Å². The molecule has 11 heteroatoms. The second-order valence-electron chi connectivity index (χ2n) is 7.71. The van der Waals surface area contributed by atoms with Crippen LogP contribution in [-0.4, -0.2) is 66.3 Å². The zero-order valence-electron chi connectivity index (χ0n) is 17.6. The van der Waals surface area contributed by atoms with Gasteiger partial charge in [-0.15, -0.1) is 11.3 Å². The Morgan fingerprint density at radius 3 is 2.68 bits per heavy atom. The Kier molecular flexibility index (Phi) is 4.69. The van der Waals surface area contributed by atoms with E-state index in [1.165, 1.54) is 22.2 Å². The number of rotatable bonds is 3. The molecule has 0 N–H and O–H groups in total. The van der Waals surface area contributed by atoms with Gasteiger partial charge in [-0.25, -0.2) is 15.0 Å². The molecule has 0 spiro atoms. The average molecular weight is 439 g/mol. The molecule has 1 aliphatic rings. The van der Waals surface area contributed by atoms with Crippen LogP contribution in [0.1, 0.15) is 10.4 Å². The SMILES string of the molecule is Cc1sc2ncn(CC(=O)N3CCN(c4ncnc5c4cnn5C)CC3)c(=O)c2c1C. The van der Waals surface area contributed by atoms with E-state index in [2.05, 4.69) is 25.0 Å². The third kappa shape index (κ3) is 3.25. The van der Waals surface area contributed by atoms with E-state index in [-0.39, 0.29) is 18.0 Å². The number of anilines is 1. The van der Waals surface area contributed by atoms with Crippen LogP contribution < -0.4 is 10.5 Å². The molecule has 1 saturated heterocycles. The highest BCUT2D eigenvalue weighted by Gasteiger charge is 2.24. The molecule has 4 aromatic heterocycles. The predicted molar refractivity (Wildman–Crippen MR) is 118 cm³/mol. The molecule has 0 aromatic carbocycles. The quantitative estimate of drug-likeness (QED) is 0.472. The Balaban J connectivity index is 1.30. The molecular weight excluding hydrogens is 416 g/mol. The van der Waals surface area contributed by atoms with Crippen molar-refractivity contribution in [1.29, 1.82) is 0 Å². The van der Waals surface area contributed by atoms with Gasteiger partial charge in [0.15, 0.2) is 5.65 Å². The van der Waals surface area contributed by atoms with E-state index in [1.807, 2.05) is 20.9 Å². The molecule has 10 nitrogen and oxygen atoms in total. The Hall–Kier alpha value is -3.34. The molecule has 4 aromatic rings. The summed E-state index contributed by atoms with van der Waals surface area (Å²) >= 11 is 1.51. The summed E-state index contributed by atoms with van der Waals surface area (Å²) in [5, 5.41) is 5.78. The molecule has 0 unspecified atom stereocenters. The molecule has 1 fully saturated rings. The van der Waals surface area contributed by atoms with Gasteiger partial charge in [-0.05, 0) is 19.4 Å². The van der Waals surface area contributed by atoms with Crippen molar-refractivity contribution >= 4 is 44.3 Å². The Morgan fingerprint density at radius 1 is 1.13 bits per heavy atom. The standard InChI is InChI=1S/C20H22N8O2S/c1-12-13(2)31-19-16(12)20(30)28(11-23-19)9-15(29)26-4-6-27(7-5-26)18-14-8-24-25(3)17(14)21-10-22-18/h8,10-11H,4-7,9H2,1-3H3. The summed E-state index contributed by atoms with van der Waals surface area (Å²) in [6.07, 6.45) is 4.79. The zero-order chi connectivity index (χ0) is 21.7. The zero-order valence-corrected chi connectivity index (χ0v) is 18.4. The number of carbonyl (C=O) groups excluding carboxylic acids is 1. The number of aromatic nitrogens is 6. The first-order valence-corrected chi connectivity index (χ1v) is 10.9. The van der Waals surface area contributed by atoms with Crippen molar-refractivity contribution in [2.45, 2.75) is 20.4 Å². The van der Waals surface area contributed by atoms with Crippen molar-refractivity contribution in [1.82, 2.24) is 34.2 Å². The lowest BCUT2D eigenvalue weighted by Crippen LogP contribution is -2.50. The molecule has 0 radical (unpaired) electrons. The lowest BCUT2D eigenvalue weighted by molar-refractivity contribution is -0.132. The van der Waals surface area contributed by atoms with E-state index in [0.717, 1.165) is 32.1 Å². The highest BCUT2D eigenvalue weighted by Crippen LogP contribution is 2.26. The second-order valence-corrected chi connectivity index (χ2v) is 8.91. The highest BCUT2D eigenvalue weighted by molar-refractivity contribution is 7.18. The summed E-state index contributed by atoms with van der Waals surface area (Å²) < 4.78 is 3.14. The maximum atomic E-state index is 12.9. The van der Waals surface area contributed by atoms with Gasteiger partial charge < -0.3 is 9.80 Å². The van der Waals surface area contributed by atoms with Gasteiger partial charge in [-0.2, -0.15) is 5.10 Å². The van der Waals surface area contributed by atoms with E-state index >= 15 is 0 Å². The summed E-state index contributed by atoms with van der Waals surface area (Å²) in [5.74, 6) is 0.751. The van der Waals surface area contributed by atoms with Crippen LogP contribution in [0.2, 0.25) is 0 Å². The van der Waals surface area contributed by atoms with Crippen molar-refractivity contribution < 1.29 is 4.79 Å². The monoisotopic (exact) mass is 438 g/mol. The topological polar surface area (TPSA) is 102 Å². The van der Waals surface area contributed by atoms with E-state index in [1.54, 1.807) is 22.1 Å². The molecule has 0 bridgehead atoms. The van der Waals surface area contributed by atoms with Gasteiger partial charge >= 0.3 is 0 Å². The third-order valence-corrected chi connectivity index (χ3v) is 7.02. The summed E-state index contributed by atoms with van der Waals surface area (Å²) in [5.41, 5.74) is 1.57. The van der Waals surface area contributed by atoms with Crippen molar-refractivity contribution in [2.75, 3.05) is 31.1 Å². The highest BCUT2D eigenvalue weighted by atomic mass is 32.1. The molecule has 0 atom stereocenters. The van der Waals surface area contributed by atoms with Gasteiger partial charge in [0, 0.05) is 38.1 Å². The Morgan fingerprint density at radius 2 is 1.90 bits per heavy atom. The number of nitrogens with zero attached hydrogens (tertiary/aromatic N) is 8. The fraction of sp³-hybridized carbons (Fsp3) is 0.400. The molecule has 31 heavy (non-hydrogen) atoms. The number of thiophene rings is 1. The summed E-state index contributed by atoms with van der Waals surface area (Å²) in [4.78, 5) is 44.6.